The molecular formula is C17H14BrCl2N3O2. The van der Waals surface area contributed by atoms with Crippen LogP contribution in [0, 0.1) is 0 Å². The summed E-state index contributed by atoms with van der Waals surface area (Å²) in [6, 6.07) is 8.66. The molecule has 2 aromatic heterocycles. The monoisotopic (exact) mass is 441 g/mol. The number of amides is 1. The van der Waals surface area contributed by atoms with Gasteiger partial charge in [0.05, 0.1) is 17.3 Å². The van der Waals surface area contributed by atoms with Gasteiger partial charge in [-0.2, -0.15) is 0 Å². The molecule has 0 saturated heterocycles. The first-order valence-electron chi connectivity index (χ1n) is 7.45. The van der Waals surface area contributed by atoms with Crippen LogP contribution in [0.15, 0.2) is 47.2 Å². The Morgan fingerprint density at radius 3 is 2.88 bits per heavy atom. The lowest BCUT2D eigenvalue weighted by atomic mass is 10.3. The van der Waals surface area contributed by atoms with E-state index in [0.29, 0.717) is 22.3 Å². The SMILES string of the molecule is CC(Oc1ccc(Cl)cc1Cl)C(=O)NCc1cn2cc(Br)ccc2n1. The zero-order valence-electron chi connectivity index (χ0n) is 13.2. The minimum absolute atomic E-state index is 0.260. The molecule has 0 aliphatic carbocycles. The zero-order chi connectivity index (χ0) is 18.0. The van der Waals surface area contributed by atoms with Gasteiger partial charge < -0.3 is 14.5 Å². The van der Waals surface area contributed by atoms with Crippen molar-refractivity contribution in [3.63, 3.8) is 0 Å². The highest BCUT2D eigenvalue weighted by Gasteiger charge is 2.16. The van der Waals surface area contributed by atoms with E-state index in [1.165, 1.54) is 0 Å². The molecule has 5 nitrogen and oxygen atoms in total. The van der Waals surface area contributed by atoms with E-state index in [-0.39, 0.29) is 5.91 Å². The van der Waals surface area contributed by atoms with Crippen molar-refractivity contribution in [2.24, 2.45) is 0 Å². The molecule has 1 aromatic carbocycles. The molecule has 1 N–H and O–H groups in total. The first-order valence-corrected chi connectivity index (χ1v) is 9.00. The molecule has 0 saturated carbocycles. The Kier molecular flexibility index (Phi) is 5.51. The van der Waals surface area contributed by atoms with Crippen LogP contribution in [0.3, 0.4) is 0 Å². The van der Waals surface area contributed by atoms with Crippen molar-refractivity contribution in [2.45, 2.75) is 19.6 Å². The van der Waals surface area contributed by atoms with Crippen molar-refractivity contribution in [1.82, 2.24) is 14.7 Å². The molecule has 1 atom stereocenters. The minimum atomic E-state index is -0.704. The second kappa shape index (κ2) is 7.64. The van der Waals surface area contributed by atoms with Crippen LogP contribution in [0.25, 0.3) is 5.65 Å². The fourth-order valence-corrected chi connectivity index (χ4v) is 3.04. The van der Waals surface area contributed by atoms with Crippen molar-refractivity contribution in [3.05, 3.63) is 62.9 Å². The van der Waals surface area contributed by atoms with E-state index >= 15 is 0 Å². The number of nitrogens with one attached hydrogen (secondary N) is 1. The smallest absolute Gasteiger partial charge is 0.261 e. The number of carbonyl (C=O) groups excluding carboxylic acids is 1. The van der Waals surface area contributed by atoms with Crippen molar-refractivity contribution in [2.75, 3.05) is 0 Å². The van der Waals surface area contributed by atoms with E-state index in [0.717, 1.165) is 15.8 Å². The average molecular weight is 443 g/mol. The van der Waals surface area contributed by atoms with Crippen molar-refractivity contribution >= 4 is 50.7 Å². The summed E-state index contributed by atoms with van der Waals surface area (Å²) in [5.74, 6) is 0.149. The Balaban J connectivity index is 1.60. The first kappa shape index (κ1) is 18.0. The zero-order valence-corrected chi connectivity index (χ0v) is 16.3. The first-order chi connectivity index (χ1) is 11.9. The Bertz CT molecular complexity index is 929. The maximum Gasteiger partial charge on any atom is 0.261 e. The Morgan fingerprint density at radius 2 is 2.12 bits per heavy atom. The van der Waals surface area contributed by atoms with E-state index in [1.807, 2.05) is 28.9 Å². The summed E-state index contributed by atoms with van der Waals surface area (Å²) in [5, 5.41) is 3.67. The number of fused-ring (bicyclic) bond motifs is 1. The van der Waals surface area contributed by atoms with Gasteiger partial charge in [-0.25, -0.2) is 4.98 Å². The molecule has 3 aromatic rings. The maximum atomic E-state index is 12.2. The second-order valence-electron chi connectivity index (χ2n) is 5.40. The van der Waals surface area contributed by atoms with Gasteiger partial charge in [-0.1, -0.05) is 23.2 Å². The van der Waals surface area contributed by atoms with Gasteiger partial charge in [0, 0.05) is 21.9 Å². The summed E-state index contributed by atoms with van der Waals surface area (Å²) < 4.78 is 8.43. The predicted molar refractivity (Wildman–Crippen MR) is 101 cm³/mol. The fourth-order valence-electron chi connectivity index (χ4n) is 2.24. The number of benzene rings is 1. The lowest BCUT2D eigenvalue weighted by molar-refractivity contribution is -0.127. The van der Waals surface area contributed by atoms with Crippen LogP contribution >= 0.6 is 39.1 Å². The van der Waals surface area contributed by atoms with E-state index in [1.54, 1.807) is 25.1 Å². The molecule has 8 heteroatoms. The molecule has 25 heavy (non-hydrogen) atoms. The molecule has 2 heterocycles. The Labute approximate surface area is 163 Å². The molecular weight excluding hydrogens is 429 g/mol. The van der Waals surface area contributed by atoms with Gasteiger partial charge in [-0.05, 0) is 53.2 Å². The Hall–Kier alpha value is -1.76. The number of carbonyl (C=O) groups is 1. The molecule has 0 bridgehead atoms. The molecule has 1 unspecified atom stereocenters. The normalized spacial score (nSPS) is 12.2. The van der Waals surface area contributed by atoms with Crippen molar-refractivity contribution in [3.8, 4) is 5.75 Å². The third kappa shape index (κ3) is 4.45. The van der Waals surface area contributed by atoms with Crippen molar-refractivity contribution in [1.29, 1.82) is 0 Å². The summed E-state index contributed by atoms with van der Waals surface area (Å²) in [5.41, 5.74) is 1.56. The highest BCUT2D eigenvalue weighted by Crippen LogP contribution is 2.28. The number of nitrogens with zero attached hydrogens (tertiary/aromatic N) is 2. The maximum absolute atomic E-state index is 12.2. The Morgan fingerprint density at radius 1 is 1.32 bits per heavy atom. The average Bonchev–Trinajstić information content (AvgIpc) is 2.97. The second-order valence-corrected chi connectivity index (χ2v) is 7.16. The topological polar surface area (TPSA) is 55.6 Å². The van der Waals surface area contributed by atoms with Gasteiger partial charge in [0.15, 0.2) is 6.10 Å². The number of hydrogen-bond acceptors (Lipinski definition) is 3. The summed E-state index contributed by atoms with van der Waals surface area (Å²) in [4.78, 5) is 16.7. The molecule has 0 spiro atoms. The quantitative estimate of drug-likeness (QED) is 0.633. The van der Waals surface area contributed by atoms with Crippen LogP contribution in [-0.4, -0.2) is 21.4 Å². The minimum Gasteiger partial charge on any atom is -0.479 e. The van der Waals surface area contributed by atoms with Crippen LogP contribution in [-0.2, 0) is 11.3 Å². The van der Waals surface area contributed by atoms with Crippen LogP contribution < -0.4 is 10.1 Å². The van der Waals surface area contributed by atoms with E-state index in [4.69, 9.17) is 27.9 Å². The van der Waals surface area contributed by atoms with Crippen LogP contribution in [0.1, 0.15) is 12.6 Å². The molecule has 0 aliphatic rings. The lowest BCUT2D eigenvalue weighted by Crippen LogP contribution is -2.36. The number of rotatable bonds is 5. The third-order valence-electron chi connectivity index (χ3n) is 3.48. The van der Waals surface area contributed by atoms with E-state index in [9.17, 15) is 4.79 Å². The molecule has 1 amide bonds. The van der Waals surface area contributed by atoms with Gasteiger partial charge >= 0.3 is 0 Å². The van der Waals surface area contributed by atoms with Gasteiger partial charge in [-0.15, -0.1) is 0 Å². The summed E-state index contributed by atoms with van der Waals surface area (Å²) >= 11 is 15.3. The fraction of sp³-hybridized carbons (Fsp3) is 0.176. The number of halogens is 3. The van der Waals surface area contributed by atoms with Crippen LogP contribution in [0.2, 0.25) is 10.0 Å². The summed E-state index contributed by atoms with van der Waals surface area (Å²) in [7, 11) is 0. The van der Waals surface area contributed by atoms with Gasteiger partial charge in [0.25, 0.3) is 5.91 Å². The number of ether oxygens (including phenoxy) is 1. The van der Waals surface area contributed by atoms with E-state index < -0.39 is 6.10 Å². The van der Waals surface area contributed by atoms with Gasteiger partial charge in [0.2, 0.25) is 0 Å². The standard InChI is InChI=1S/C17H14BrCl2N3O2/c1-10(25-15-4-3-12(19)6-14(15)20)17(24)21-7-13-9-23-8-11(18)2-5-16(23)22-13/h2-6,8-10H,7H2,1H3,(H,21,24). The number of aromatic nitrogens is 2. The van der Waals surface area contributed by atoms with Crippen molar-refractivity contribution < 1.29 is 9.53 Å². The highest BCUT2D eigenvalue weighted by molar-refractivity contribution is 9.10. The van der Waals surface area contributed by atoms with Crippen LogP contribution in [0.5, 0.6) is 5.75 Å². The summed E-state index contributed by atoms with van der Waals surface area (Å²) in [6.45, 7) is 1.96. The largest absolute Gasteiger partial charge is 0.479 e. The van der Waals surface area contributed by atoms with Crippen LogP contribution in [0.4, 0.5) is 0 Å². The highest BCUT2D eigenvalue weighted by atomic mass is 79.9. The third-order valence-corrected chi connectivity index (χ3v) is 4.48. The molecule has 3 rings (SSSR count). The lowest BCUT2D eigenvalue weighted by Gasteiger charge is -2.15. The number of hydrogen-bond donors (Lipinski definition) is 1. The van der Waals surface area contributed by atoms with Gasteiger partial charge in [-0.3, -0.25) is 4.79 Å². The number of imidazole rings is 1. The molecule has 0 fully saturated rings. The van der Waals surface area contributed by atoms with E-state index in [2.05, 4.69) is 26.2 Å². The molecule has 0 aliphatic heterocycles. The molecule has 0 radical (unpaired) electrons. The predicted octanol–water partition coefficient (Wildman–Crippen LogP) is 4.49. The summed E-state index contributed by atoms with van der Waals surface area (Å²) in [6.07, 6.45) is 3.06. The number of pyridine rings is 1. The molecule has 130 valence electrons. The van der Waals surface area contributed by atoms with Gasteiger partial charge in [0.1, 0.15) is 11.4 Å².